The van der Waals surface area contributed by atoms with Crippen molar-refractivity contribution in [2.45, 2.75) is 32.5 Å². The number of H-pyrrole nitrogens is 1. The Morgan fingerprint density at radius 1 is 0.925 bits per heavy atom. The highest BCUT2D eigenvalue weighted by Gasteiger charge is 2.36. The topological polar surface area (TPSA) is 163 Å². The van der Waals surface area contributed by atoms with Crippen LogP contribution in [0.2, 0.25) is 0 Å². The fraction of sp³-hybridized carbons (Fsp3) is 0.368. The SMILES string of the molecule is COC(=O)N[C@H](C(=O)N1CCOC[C@H]1c1ncc(-c2ccc(-c3ccc(C(=O)Nc4ccc(CN5CCS(=O)(=O)CC5)cc4)cc3)cc2)[nH]1)C(C)C.S. The molecule has 3 amide bonds. The molecule has 0 bridgehead atoms. The van der Waals surface area contributed by atoms with E-state index in [1.807, 2.05) is 74.5 Å². The lowest BCUT2D eigenvalue weighted by Gasteiger charge is -2.37. The highest BCUT2D eigenvalue weighted by atomic mass is 32.2. The summed E-state index contributed by atoms with van der Waals surface area (Å²) in [6.07, 6.45) is 1.08. The number of imidazole rings is 1. The Balaban J connectivity index is 0.00000541. The number of rotatable bonds is 10. The summed E-state index contributed by atoms with van der Waals surface area (Å²) in [5.41, 5.74) is 5.91. The number of ether oxygens (including phenoxy) is 2. The van der Waals surface area contributed by atoms with Crippen molar-refractivity contribution in [1.82, 2.24) is 25.1 Å². The Morgan fingerprint density at radius 2 is 1.55 bits per heavy atom. The van der Waals surface area contributed by atoms with Crippen molar-refractivity contribution in [3.05, 3.63) is 95.9 Å². The first-order chi connectivity index (χ1) is 25.0. The number of hydrogen-bond acceptors (Lipinski definition) is 9. The quantitative estimate of drug-likeness (QED) is 0.209. The van der Waals surface area contributed by atoms with Gasteiger partial charge in [0, 0.05) is 37.4 Å². The molecule has 1 aromatic heterocycles. The van der Waals surface area contributed by atoms with E-state index in [1.165, 1.54) is 7.11 Å². The number of anilines is 1. The van der Waals surface area contributed by atoms with Gasteiger partial charge in [-0.3, -0.25) is 14.5 Å². The van der Waals surface area contributed by atoms with Crippen LogP contribution >= 0.6 is 13.5 Å². The van der Waals surface area contributed by atoms with Crippen molar-refractivity contribution in [3.63, 3.8) is 0 Å². The first-order valence-corrected chi connectivity index (χ1v) is 19.1. The molecule has 3 N–H and O–H groups in total. The van der Waals surface area contributed by atoms with E-state index < -0.39 is 28.0 Å². The van der Waals surface area contributed by atoms with Gasteiger partial charge in [0.15, 0.2) is 9.84 Å². The van der Waals surface area contributed by atoms with Crippen LogP contribution in [0.3, 0.4) is 0 Å². The molecular weight excluding hydrogens is 717 g/mol. The fourth-order valence-corrected chi connectivity index (χ4v) is 7.62. The van der Waals surface area contributed by atoms with E-state index >= 15 is 0 Å². The molecule has 0 saturated carbocycles. The molecule has 3 heterocycles. The van der Waals surface area contributed by atoms with Crippen molar-refractivity contribution in [2.75, 3.05) is 56.8 Å². The first-order valence-electron chi connectivity index (χ1n) is 17.3. The summed E-state index contributed by atoms with van der Waals surface area (Å²) in [5, 5.41) is 5.61. The van der Waals surface area contributed by atoms with Crippen LogP contribution in [0.5, 0.6) is 0 Å². The van der Waals surface area contributed by atoms with Crippen LogP contribution in [-0.4, -0.2) is 104 Å². The molecule has 13 nitrogen and oxygen atoms in total. The average Bonchev–Trinajstić information content (AvgIpc) is 3.65. The van der Waals surface area contributed by atoms with E-state index in [9.17, 15) is 22.8 Å². The van der Waals surface area contributed by atoms with Crippen molar-refractivity contribution in [3.8, 4) is 22.4 Å². The Bertz CT molecular complexity index is 1970. The lowest BCUT2D eigenvalue weighted by Crippen LogP contribution is -2.54. The summed E-state index contributed by atoms with van der Waals surface area (Å²) < 4.78 is 33.8. The van der Waals surface area contributed by atoms with Gasteiger partial charge in [-0.1, -0.05) is 62.4 Å². The second-order valence-electron chi connectivity index (χ2n) is 13.4. The van der Waals surface area contributed by atoms with Crippen LogP contribution in [0.25, 0.3) is 22.4 Å². The minimum atomic E-state index is -2.91. The molecule has 4 aromatic rings. The molecule has 0 unspecified atom stereocenters. The van der Waals surface area contributed by atoms with Crippen molar-refractivity contribution in [1.29, 1.82) is 0 Å². The van der Waals surface area contributed by atoms with Crippen LogP contribution < -0.4 is 10.6 Å². The number of benzene rings is 3. The maximum atomic E-state index is 13.6. The number of nitrogens with one attached hydrogen (secondary N) is 3. The molecule has 2 saturated heterocycles. The number of carbonyl (C=O) groups excluding carboxylic acids is 3. The Hall–Kier alpha value is -4.70. The number of hydrogen-bond donors (Lipinski definition) is 3. The number of morpholine rings is 1. The van der Waals surface area contributed by atoms with E-state index in [0.29, 0.717) is 49.9 Å². The van der Waals surface area contributed by atoms with E-state index in [1.54, 1.807) is 23.2 Å². The van der Waals surface area contributed by atoms with Gasteiger partial charge in [0.2, 0.25) is 5.91 Å². The van der Waals surface area contributed by atoms with Gasteiger partial charge in [0.25, 0.3) is 5.91 Å². The molecule has 2 aliphatic heterocycles. The predicted octanol–water partition coefficient (Wildman–Crippen LogP) is 4.62. The van der Waals surface area contributed by atoms with Gasteiger partial charge in [-0.25, -0.2) is 18.2 Å². The summed E-state index contributed by atoms with van der Waals surface area (Å²) in [5.74, 6) is 0.392. The summed E-state index contributed by atoms with van der Waals surface area (Å²) in [4.78, 5) is 50.3. The smallest absolute Gasteiger partial charge is 0.407 e. The van der Waals surface area contributed by atoms with Crippen LogP contribution in [0, 0.1) is 5.92 Å². The molecule has 0 spiro atoms. The van der Waals surface area contributed by atoms with Crippen molar-refractivity contribution >= 4 is 46.9 Å². The fourth-order valence-electron chi connectivity index (χ4n) is 6.34. The largest absolute Gasteiger partial charge is 0.453 e. The molecule has 2 fully saturated rings. The third-order valence-electron chi connectivity index (χ3n) is 9.45. The van der Waals surface area contributed by atoms with Crippen molar-refractivity contribution in [2.24, 2.45) is 5.92 Å². The van der Waals surface area contributed by atoms with Gasteiger partial charge in [-0.05, 0) is 52.4 Å². The first kappa shape index (κ1) is 39.5. The summed E-state index contributed by atoms with van der Waals surface area (Å²) in [6.45, 7) is 6.50. The lowest BCUT2D eigenvalue weighted by molar-refractivity contribution is -0.143. The summed E-state index contributed by atoms with van der Waals surface area (Å²) >= 11 is 0. The number of aromatic nitrogens is 2. The van der Waals surface area contributed by atoms with Gasteiger partial charge in [0.1, 0.15) is 17.9 Å². The van der Waals surface area contributed by atoms with Gasteiger partial charge < -0.3 is 30.0 Å². The average molecular weight is 763 g/mol. The zero-order valence-electron chi connectivity index (χ0n) is 30.0. The molecule has 3 aromatic carbocycles. The highest BCUT2D eigenvalue weighted by Crippen LogP contribution is 2.29. The normalized spacial score (nSPS) is 17.7. The summed E-state index contributed by atoms with van der Waals surface area (Å²) in [7, 11) is -1.65. The van der Waals surface area contributed by atoms with Crippen LogP contribution in [-0.2, 0) is 30.7 Å². The maximum absolute atomic E-state index is 13.6. The number of methoxy groups -OCH3 is 1. The molecule has 6 rings (SSSR count). The molecule has 53 heavy (non-hydrogen) atoms. The third kappa shape index (κ3) is 9.84. The lowest BCUT2D eigenvalue weighted by atomic mass is 10.0. The zero-order chi connectivity index (χ0) is 36.8. The molecule has 2 atom stereocenters. The van der Waals surface area contributed by atoms with E-state index in [0.717, 1.165) is 27.9 Å². The Labute approximate surface area is 316 Å². The number of amides is 3. The zero-order valence-corrected chi connectivity index (χ0v) is 31.8. The number of nitrogens with zero attached hydrogens (tertiary/aromatic N) is 3. The van der Waals surface area contributed by atoms with E-state index in [2.05, 4.69) is 25.5 Å². The molecular formula is C38H46N6O7S2. The predicted molar refractivity (Wildman–Crippen MR) is 208 cm³/mol. The van der Waals surface area contributed by atoms with E-state index in [4.69, 9.17) is 9.47 Å². The minimum Gasteiger partial charge on any atom is -0.453 e. The molecule has 2 aliphatic rings. The number of carbonyl (C=O) groups is 3. The number of alkyl carbamates (subject to hydrolysis) is 1. The maximum Gasteiger partial charge on any atom is 0.407 e. The van der Waals surface area contributed by atoms with E-state index in [-0.39, 0.29) is 49.3 Å². The van der Waals surface area contributed by atoms with Gasteiger partial charge >= 0.3 is 6.09 Å². The molecule has 0 radical (unpaired) electrons. The van der Waals surface area contributed by atoms with Gasteiger partial charge in [0.05, 0.1) is 43.7 Å². The van der Waals surface area contributed by atoms with Crippen LogP contribution in [0.15, 0.2) is 79.0 Å². The molecule has 15 heteroatoms. The number of sulfone groups is 1. The van der Waals surface area contributed by atoms with Crippen LogP contribution in [0.4, 0.5) is 10.5 Å². The minimum absolute atomic E-state index is 0. The molecule has 0 aliphatic carbocycles. The Morgan fingerprint density at radius 3 is 2.17 bits per heavy atom. The molecule has 282 valence electrons. The van der Waals surface area contributed by atoms with Crippen molar-refractivity contribution < 1.29 is 32.3 Å². The van der Waals surface area contributed by atoms with Crippen LogP contribution in [0.1, 0.15) is 41.6 Å². The summed E-state index contributed by atoms with van der Waals surface area (Å²) in [6, 6.07) is 21.8. The second kappa shape index (κ2) is 17.4. The monoisotopic (exact) mass is 762 g/mol. The Kier molecular flexibility index (Phi) is 13.0. The van der Waals surface area contributed by atoms with Gasteiger partial charge in [-0.2, -0.15) is 13.5 Å². The number of aromatic amines is 1. The third-order valence-corrected chi connectivity index (χ3v) is 11.1. The standard InChI is InChI=1S/C38H44N6O7S.H2S/c1-25(2)34(42-38(47)50-3)37(46)44-16-19-51-24-33(44)35-39-22-32(41-35)29-10-6-27(7-11-29)28-8-12-30(13-9-28)36(45)40-31-14-4-26(5-15-31)23-43-17-20-52(48,49)21-18-43;/h4-15,22,25,33-34H,16-21,23-24H2,1-3H3,(H,39,41)(H,40,45)(H,42,47);1H2/t33-,34-;/m0./s1. The highest BCUT2D eigenvalue weighted by molar-refractivity contribution is 7.91. The van der Waals surface area contributed by atoms with Gasteiger partial charge in [-0.15, -0.1) is 0 Å². The second-order valence-corrected chi connectivity index (χ2v) is 15.7.